The number of benzene rings is 2. The third-order valence-electron chi connectivity index (χ3n) is 8.27. The number of primary amides is 1. The number of methoxy groups -OCH3 is 1. The van der Waals surface area contributed by atoms with E-state index in [4.69, 9.17) is 38.8 Å². The second-order valence-electron chi connectivity index (χ2n) is 11.8. The second kappa shape index (κ2) is 11.0. The molecule has 0 atom stereocenters. The first-order chi connectivity index (χ1) is 20.5. The number of hydrogen-bond donors (Lipinski definition) is 1. The fourth-order valence-electron chi connectivity index (χ4n) is 6.31. The van der Waals surface area contributed by atoms with Gasteiger partial charge in [-0.1, -0.05) is 23.2 Å². The van der Waals surface area contributed by atoms with Gasteiger partial charge in [0.1, 0.15) is 5.75 Å². The van der Waals surface area contributed by atoms with Gasteiger partial charge in [0, 0.05) is 64.3 Å². The van der Waals surface area contributed by atoms with Crippen molar-refractivity contribution in [2.45, 2.75) is 32.2 Å². The molecule has 2 N–H and O–H groups in total. The Balaban J connectivity index is 1.58. The largest absolute Gasteiger partial charge is 0.496 e. The van der Waals surface area contributed by atoms with Crippen LogP contribution < -0.4 is 10.5 Å². The summed E-state index contributed by atoms with van der Waals surface area (Å²) < 4.78 is 7.56. The number of carbonyl (C=O) groups is 2. The minimum atomic E-state index is -0.570. The van der Waals surface area contributed by atoms with Crippen LogP contribution >= 0.6 is 23.2 Å². The SMILES string of the molecule is COc1cc2c(cc1-c1cncc(C(N)=O)c1)-c1c(c(C(=O)N3CCN(C)CC3(C)C)nn1-c1cc(Cl)cc(Cl)c1)CC2. The van der Waals surface area contributed by atoms with E-state index in [1.54, 1.807) is 42.3 Å². The summed E-state index contributed by atoms with van der Waals surface area (Å²) in [4.78, 5) is 34.6. The number of nitrogens with two attached hydrogens (primary N) is 1. The number of pyridine rings is 1. The molecule has 3 heterocycles. The molecule has 0 spiro atoms. The maximum absolute atomic E-state index is 14.3. The summed E-state index contributed by atoms with van der Waals surface area (Å²) in [5, 5.41) is 5.89. The third-order valence-corrected chi connectivity index (χ3v) is 8.71. The average Bonchev–Trinajstić information content (AvgIpc) is 3.35. The van der Waals surface area contributed by atoms with Crippen LogP contribution in [0, 0.1) is 0 Å². The standard InChI is InChI=1S/C32H32Cl2N6O3/c1-32(2)17-38(3)7-8-39(32)31(42)28-24-6-5-18-10-27(43-4)25(19-9-20(30(35)41)16-36-15-19)14-26(18)29(24)40(37-28)23-12-21(33)11-22(34)13-23/h9-16H,5-8,17H2,1-4H3,(H2,35,41). The summed E-state index contributed by atoms with van der Waals surface area (Å²) >= 11 is 12.9. The van der Waals surface area contributed by atoms with E-state index in [0.29, 0.717) is 57.7 Å². The number of carbonyl (C=O) groups excluding carboxylic acids is 2. The van der Waals surface area contributed by atoms with Crippen molar-refractivity contribution in [3.8, 4) is 33.8 Å². The zero-order valence-electron chi connectivity index (χ0n) is 24.4. The summed E-state index contributed by atoms with van der Waals surface area (Å²) in [6.45, 7) is 6.32. The molecular formula is C32H32Cl2N6O3. The number of aryl methyl sites for hydroxylation is 1. The molecule has 9 nitrogen and oxygen atoms in total. The molecule has 222 valence electrons. The lowest BCUT2D eigenvalue weighted by Crippen LogP contribution is -2.60. The molecule has 43 heavy (non-hydrogen) atoms. The molecule has 0 unspecified atom stereocenters. The molecule has 4 aromatic rings. The van der Waals surface area contributed by atoms with Gasteiger partial charge in [0.15, 0.2) is 5.69 Å². The number of aromatic nitrogens is 3. The number of likely N-dealkylation sites (N-methyl/N-ethyl adjacent to an activating group) is 1. The highest BCUT2D eigenvalue weighted by Gasteiger charge is 2.39. The number of fused-ring (bicyclic) bond motifs is 3. The first-order valence-corrected chi connectivity index (χ1v) is 14.8. The van der Waals surface area contributed by atoms with Crippen LogP contribution in [0.25, 0.3) is 28.1 Å². The van der Waals surface area contributed by atoms with Crippen LogP contribution in [0.4, 0.5) is 0 Å². The smallest absolute Gasteiger partial charge is 0.275 e. The Morgan fingerprint density at radius 1 is 0.977 bits per heavy atom. The number of rotatable bonds is 5. The maximum Gasteiger partial charge on any atom is 0.275 e. The highest BCUT2D eigenvalue weighted by molar-refractivity contribution is 6.34. The first kappa shape index (κ1) is 29.2. The molecule has 1 fully saturated rings. The lowest BCUT2D eigenvalue weighted by atomic mass is 9.85. The molecule has 1 saturated heterocycles. The zero-order valence-corrected chi connectivity index (χ0v) is 26.0. The molecular weight excluding hydrogens is 587 g/mol. The molecule has 2 aliphatic rings. The molecule has 11 heteroatoms. The molecule has 2 aromatic heterocycles. The molecule has 2 aromatic carbocycles. The van der Waals surface area contributed by atoms with Crippen molar-refractivity contribution in [1.29, 1.82) is 0 Å². The fourth-order valence-corrected chi connectivity index (χ4v) is 6.83. The minimum Gasteiger partial charge on any atom is -0.496 e. The van der Waals surface area contributed by atoms with Gasteiger partial charge in [0.25, 0.3) is 5.91 Å². The van der Waals surface area contributed by atoms with E-state index in [0.717, 1.165) is 41.0 Å². The van der Waals surface area contributed by atoms with Gasteiger partial charge in [-0.15, -0.1) is 0 Å². The van der Waals surface area contributed by atoms with Gasteiger partial charge < -0.3 is 20.3 Å². The predicted molar refractivity (Wildman–Crippen MR) is 167 cm³/mol. The number of hydrogen-bond acceptors (Lipinski definition) is 6. The molecule has 0 radical (unpaired) electrons. The Labute approximate surface area is 260 Å². The van der Waals surface area contributed by atoms with E-state index in [9.17, 15) is 9.59 Å². The van der Waals surface area contributed by atoms with Gasteiger partial charge in [-0.2, -0.15) is 5.10 Å². The van der Waals surface area contributed by atoms with Gasteiger partial charge in [0.2, 0.25) is 5.91 Å². The van der Waals surface area contributed by atoms with E-state index in [-0.39, 0.29) is 11.4 Å². The minimum absolute atomic E-state index is 0.100. The van der Waals surface area contributed by atoms with Crippen molar-refractivity contribution in [2.24, 2.45) is 5.73 Å². The van der Waals surface area contributed by atoms with Crippen LogP contribution in [0.5, 0.6) is 5.75 Å². The van der Waals surface area contributed by atoms with Crippen LogP contribution in [0.1, 0.15) is 45.8 Å². The van der Waals surface area contributed by atoms with Crippen LogP contribution in [0.3, 0.4) is 0 Å². The van der Waals surface area contributed by atoms with Gasteiger partial charge in [-0.3, -0.25) is 14.6 Å². The predicted octanol–water partition coefficient (Wildman–Crippen LogP) is 5.28. The zero-order chi connectivity index (χ0) is 30.6. The Kier molecular flexibility index (Phi) is 7.44. The Morgan fingerprint density at radius 3 is 2.40 bits per heavy atom. The van der Waals surface area contributed by atoms with E-state index in [1.807, 2.05) is 17.0 Å². The van der Waals surface area contributed by atoms with E-state index in [1.165, 1.54) is 6.20 Å². The lowest BCUT2D eigenvalue weighted by Gasteiger charge is -2.46. The average molecular weight is 620 g/mol. The van der Waals surface area contributed by atoms with Gasteiger partial charge >= 0.3 is 0 Å². The Morgan fingerprint density at radius 2 is 1.72 bits per heavy atom. The van der Waals surface area contributed by atoms with E-state index in [2.05, 4.69) is 30.8 Å². The Bertz CT molecular complexity index is 1760. The molecule has 2 amide bonds. The van der Waals surface area contributed by atoms with Crippen molar-refractivity contribution in [3.63, 3.8) is 0 Å². The fraction of sp³-hybridized carbons (Fsp3) is 0.312. The molecule has 1 aliphatic carbocycles. The number of nitrogens with zero attached hydrogens (tertiary/aromatic N) is 5. The van der Waals surface area contributed by atoms with Crippen molar-refractivity contribution in [2.75, 3.05) is 33.8 Å². The molecule has 0 bridgehead atoms. The van der Waals surface area contributed by atoms with Crippen LogP contribution in [0.2, 0.25) is 10.0 Å². The van der Waals surface area contributed by atoms with E-state index >= 15 is 0 Å². The normalized spacial score (nSPS) is 16.0. The summed E-state index contributed by atoms with van der Waals surface area (Å²) in [5.41, 5.74) is 11.5. The summed E-state index contributed by atoms with van der Waals surface area (Å²) in [5.74, 6) is -0.0331. The van der Waals surface area contributed by atoms with Crippen molar-refractivity contribution in [1.82, 2.24) is 24.6 Å². The Hall–Kier alpha value is -3.92. The van der Waals surface area contributed by atoms with E-state index < -0.39 is 5.91 Å². The summed E-state index contributed by atoms with van der Waals surface area (Å²) in [7, 11) is 3.68. The summed E-state index contributed by atoms with van der Waals surface area (Å²) in [6, 6.07) is 10.9. The first-order valence-electron chi connectivity index (χ1n) is 14.0. The topological polar surface area (TPSA) is 107 Å². The summed E-state index contributed by atoms with van der Waals surface area (Å²) in [6.07, 6.45) is 4.41. The monoisotopic (exact) mass is 618 g/mol. The van der Waals surface area contributed by atoms with Crippen molar-refractivity contribution < 1.29 is 14.3 Å². The maximum atomic E-state index is 14.3. The lowest BCUT2D eigenvalue weighted by molar-refractivity contribution is 0.0242. The van der Waals surface area contributed by atoms with Crippen LogP contribution in [-0.2, 0) is 12.8 Å². The van der Waals surface area contributed by atoms with Crippen LogP contribution in [0.15, 0.2) is 48.8 Å². The van der Waals surface area contributed by atoms with Crippen LogP contribution in [-0.4, -0.2) is 75.7 Å². The van der Waals surface area contributed by atoms with Crippen molar-refractivity contribution >= 4 is 35.0 Å². The molecule has 1 aliphatic heterocycles. The number of ether oxygens (including phenoxy) is 1. The van der Waals surface area contributed by atoms with Gasteiger partial charge in [-0.05, 0) is 75.7 Å². The second-order valence-corrected chi connectivity index (χ2v) is 12.6. The van der Waals surface area contributed by atoms with Gasteiger partial charge in [-0.25, -0.2) is 4.68 Å². The number of halogens is 2. The highest BCUT2D eigenvalue weighted by Crippen LogP contribution is 2.43. The third kappa shape index (κ3) is 5.26. The number of piperazine rings is 1. The van der Waals surface area contributed by atoms with Crippen molar-refractivity contribution in [3.05, 3.63) is 81.2 Å². The molecule has 0 saturated carbocycles. The van der Waals surface area contributed by atoms with Gasteiger partial charge in [0.05, 0.1) is 29.6 Å². The molecule has 6 rings (SSSR count). The number of amides is 2. The highest BCUT2D eigenvalue weighted by atomic mass is 35.5. The quantitative estimate of drug-likeness (QED) is 0.326.